The van der Waals surface area contributed by atoms with E-state index in [1.54, 1.807) is 23.3 Å². The van der Waals surface area contributed by atoms with Crippen LogP contribution in [0.15, 0.2) is 90.7 Å². The fourth-order valence-electron chi connectivity index (χ4n) is 3.52. The van der Waals surface area contributed by atoms with E-state index in [0.717, 1.165) is 22.5 Å². The molecular formula is C26H20N6O2S. The molecule has 0 saturated carbocycles. The molecule has 2 aromatic carbocycles. The van der Waals surface area contributed by atoms with Gasteiger partial charge in [0, 0.05) is 47.7 Å². The minimum absolute atomic E-state index is 0.127. The van der Waals surface area contributed by atoms with Crippen molar-refractivity contribution in [3.63, 3.8) is 0 Å². The van der Waals surface area contributed by atoms with Gasteiger partial charge in [-0.1, -0.05) is 30.3 Å². The molecule has 0 bridgehead atoms. The Bertz CT molecular complexity index is 1480. The number of rotatable bonds is 6. The minimum Gasteiger partial charge on any atom is -0.326 e. The average molecular weight is 481 g/mol. The lowest BCUT2D eigenvalue weighted by molar-refractivity contribution is -0.114. The second-order valence-electron chi connectivity index (χ2n) is 7.66. The molecule has 2 N–H and O–H groups in total. The minimum atomic E-state index is -0.312. The molecule has 0 aliphatic heterocycles. The van der Waals surface area contributed by atoms with Gasteiger partial charge in [0.1, 0.15) is 5.69 Å². The molecule has 3 heterocycles. The normalized spacial score (nSPS) is 10.7. The fraction of sp³-hybridized carbons (Fsp3) is 0.0385. The summed E-state index contributed by atoms with van der Waals surface area (Å²) in [5.74, 6) is -0.439. The second kappa shape index (κ2) is 9.70. The lowest BCUT2D eigenvalue weighted by atomic mass is 10.1. The summed E-state index contributed by atoms with van der Waals surface area (Å²) in [5.41, 5.74) is 4.85. The third-order valence-corrected chi connectivity index (χ3v) is 5.90. The summed E-state index contributed by atoms with van der Waals surface area (Å²) in [6, 6.07) is 20.6. The molecule has 5 aromatic rings. The largest absolute Gasteiger partial charge is 0.326 e. The van der Waals surface area contributed by atoms with E-state index in [0.29, 0.717) is 22.1 Å². The van der Waals surface area contributed by atoms with E-state index in [4.69, 9.17) is 0 Å². The Morgan fingerprint density at radius 2 is 1.71 bits per heavy atom. The molecule has 0 radical (unpaired) electrons. The highest BCUT2D eigenvalue weighted by atomic mass is 32.1. The summed E-state index contributed by atoms with van der Waals surface area (Å²) in [6.45, 7) is 1.46. The molecule has 9 heteroatoms. The fourth-order valence-corrected chi connectivity index (χ4v) is 4.24. The SMILES string of the molecule is CC(=O)Nc1ccc(-c2csc(NC(=O)c3cn(-c4ccccc4)nc3-c3cccnc3)n2)cc1. The van der Waals surface area contributed by atoms with Crippen LogP contribution in [0.4, 0.5) is 10.8 Å². The molecule has 35 heavy (non-hydrogen) atoms. The number of aromatic nitrogens is 4. The van der Waals surface area contributed by atoms with E-state index in [1.807, 2.05) is 72.1 Å². The Morgan fingerprint density at radius 1 is 0.914 bits per heavy atom. The number of nitrogens with zero attached hydrogens (tertiary/aromatic N) is 4. The van der Waals surface area contributed by atoms with Crippen molar-refractivity contribution in [2.45, 2.75) is 6.92 Å². The van der Waals surface area contributed by atoms with Crippen LogP contribution in [0.1, 0.15) is 17.3 Å². The summed E-state index contributed by atoms with van der Waals surface area (Å²) in [4.78, 5) is 33.2. The highest BCUT2D eigenvalue weighted by molar-refractivity contribution is 7.14. The first-order chi connectivity index (χ1) is 17.1. The van der Waals surface area contributed by atoms with Gasteiger partial charge in [-0.2, -0.15) is 5.10 Å². The number of amides is 2. The number of benzene rings is 2. The van der Waals surface area contributed by atoms with Crippen LogP contribution < -0.4 is 10.6 Å². The zero-order chi connectivity index (χ0) is 24.2. The number of pyridine rings is 1. The lowest BCUT2D eigenvalue weighted by Gasteiger charge is -2.03. The first-order valence-electron chi connectivity index (χ1n) is 10.8. The van der Waals surface area contributed by atoms with Crippen LogP contribution in [0.25, 0.3) is 28.2 Å². The molecule has 0 unspecified atom stereocenters. The number of para-hydroxylation sites is 1. The predicted molar refractivity (Wildman–Crippen MR) is 137 cm³/mol. The van der Waals surface area contributed by atoms with Crippen LogP contribution in [-0.4, -0.2) is 31.6 Å². The smallest absolute Gasteiger partial charge is 0.261 e. The molecule has 0 saturated heterocycles. The van der Waals surface area contributed by atoms with Crippen molar-refractivity contribution in [3.05, 3.63) is 96.3 Å². The van der Waals surface area contributed by atoms with Crippen molar-refractivity contribution in [2.24, 2.45) is 0 Å². The molecule has 0 spiro atoms. The molecule has 0 aliphatic rings. The van der Waals surface area contributed by atoms with Gasteiger partial charge >= 0.3 is 0 Å². The maximum atomic E-state index is 13.3. The van der Waals surface area contributed by atoms with Gasteiger partial charge < -0.3 is 5.32 Å². The van der Waals surface area contributed by atoms with Gasteiger partial charge in [0.15, 0.2) is 5.13 Å². The summed E-state index contributed by atoms with van der Waals surface area (Å²) < 4.78 is 1.68. The zero-order valence-corrected chi connectivity index (χ0v) is 19.5. The molecule has 8 nitrogen and oxygen atoms in total. The van der Waals surface area contributed by atoms with E-state index in [1.165, 1.54) is 18.3 Å². The number of hydrogen-bond acceptors (Lipinski definition) is 6. The van der Waals surface area contributed by atoms with Gasteiger partial charge in [-0.25, -0.2) is 9.67 Å². The molecule has 0 atom stereocenters. The van der Waals surface area contributed by atoms with E-state index in [-0.39, 0.29) is 11.8 Å². The summed E-state index contributed by atoms with van der Waals surface area (Å²) in [5, 5.41) is 12.6. The molecule has 2 amide bonds. The Hall–Kier alpha value is -4.63. The van der Waals surface area contributed by atoms with Crippen LogP contribution in [0.2, 0.25) is 0 Å². The van der Waals surface area contributed by atoms with Crippen molar-refractivity contribution < 1.29 is 9.59 Å². The van der Waals surface area contributed by atoms with Crippen molar-refractivity contribution in [2.75, 3.05) is 10.6 Å². The maximum Gasteiger partial charge on any atom is 0.261 e. The third kappa shape index (κ3) is 4.99. The van der Waals surface area contributed by atoms with Crippen molar-refractivity contribution in [1.29, 1.82) is 0 Å². The highest BCUT2D eigenvalue weighted by Crippen LogP contribution is 2.28. The number of hydrogen-bond donors (Lipinski definition) is 2. The van der Waals surface area contributed by atoms with Crippen molar-refractivity contribution >= 4 is 34.0 Å². The number of nitrogens with one attached hydrogen (secondary N) is 2. The third-order valence-electron chi connectivity index (χ3n) is 5.14. The van der Waals surface area contributed by atoms with Gasteiger partial charge in [0.25, 0.3) is 5.91 Å². The second-order valence-corrected chi connectivity index (χ2v) is 8.52. The number of thiazole rings is 1. The topological polar surface area (TPSA) is 102 Å². The van der Waals surface area contributed by atoms with Gasteiger partial charge in [0.2, 0.25) is 5.91 Å². The number of carbonyl (C=O) groups excluding carboxylic acids is 2. The van der Waals surface area contributed by atoms with E-state index < -0.39 is 0 Å². The summed E-state index contributed by atoms with van der Waals surface area (Å²) in [7, 11) is 0. The first-order valence-corrected chi connectivity index (χ1v) is 11.7. The molecule has 172 valence electrons. The summed E-state index contributed by atoms with van der Waals surface area (Å²) in [6.07, 6.45) is 5.07. The van der Waals surface area contributed by atoms with Gasteiger partial charge in [0.05, 0.1) is 16.9 Å². The quantitative estimate of drug-likeness (QED) is 0.345. The Balaban J connectivity index is 1.41. The highest BCUT2D eigenvalue weighted by Gasteiger charge is 2.20. The van der Waals surface area contributed by atoms with Gasteiger partial charge in [-0.05, 0) is 36.4 Å². The van der Waals surface area contributed by atoms with Crippen LogP contribution in [-0.2, 0) is 4.79 Å². The molecule has 5 rings (SSSR count). The number of carbonyl (C=O) groups is 2. The zero-order valence-electron chi connectivity index (χ0n) is 18.7. The average Bonchev–Trinajstić information content (AvgIpc) is 3.53. The van der Waals surface area contributed by atoms with Crippen LogP contribution in [0, 0.1) is 0 Å². The van der Waals surface area contributed by atoms with E-state index in [2.05, 4.69) is 25.7 Å². The first kappa shape index (κ1) is 22.2. The molecule has 0 aliphatic carbocycles. The molecular weight excluding hydrogens is 460 g/mol. The lowest BCUT2D eigenvalue weighted by Crippen LogP contribution is -2.12. The van der Waals surface area contributed by atoms with E-state index >= 15 is 0 Å². The molecule has 3 aromatic heterocycles. The molecule has 0 fully saturated rings. The Morgan fingerprint density at radius 3 is 2.43 bits per heavy atom. The van der Waals surface area contributed by atoms with Gasteiger partial charge in [-0.15, -0.1) is 11.3 Å². The standard InChI is InChI=1S/C26H20N6O2S/c1-17(33)28-20-11-9-18(10-12-20)23-16-35-26(29-23)30-25(34)22-15-32(21-7-3-2-4-8-21)31-24(22)19-6-5-13-27-14-19/h2-16H,1H3,(H,28,33)(H,29,30,34). The van der Waals surface area contributed by atoms with Crippen molar-refractivity contribution in [1.82, 2.24) is 19.7 Å². The van der Waals surface area contributed by atoms with Gasteiger partial charge in [-0.3, -0.25) is 19.9 Å². The predicted octanol–water partition coefficient (Wildman–Crippen LogP) is 5.27. The van der Waals surface area contributed by atoms with Crippen LogP contribution in [0.5, 0.6) is 0 Å². The van der Waals surface area contributed by atoms with Crippen LogP contribution >= 0.6 is 11.3 Å². The van der Waals surface area contributed by atoms with E-state index in [9.17, 15) is 9.59 Å². The maximum absolute atomic E-state index is 13.3. The summed E-state index contributed by atoms with van der Waals surface area (Å²) >= 11 is 1.33. The monoisotopic (exact) mass is 480 g/mol. The number of anilines is 2. The Kier molecular flexibility index (Phi) is 6.15. The van der Waals surface area contributed by atoms with Crippen LogP contribution in [0.3, 0.4) is 0 Å². The Labute approximate surface area is 205 Å². The van der Waals surface area contributed by atoms with Crippen molar-refractivity contribution in [3.8, 4) is 28.2 Å².